The van der Waals surface area contributed by atoms with Crippen molar-refractivity contribution in [2.75, 3.05) is 19.6 Å². The van der Waals surface area contributed by atoms with Gasteiger partial charge in [0, 0.05) is 0 Å². The molecule has 0 aliphatic heterocycles. The predicted octanol–water partition coefficient (Wildman–Crippen LogP) is 2.70. The molecular formula is C11H16INO. The Morgan fingerprint density at radius 1 is 1.43 bits per heavy atom. The van der Waals surface area contributed by atoms with Crippen LogP contribution in [0.5, 0.6) is 0 Å². The number of halogens is 1. The third-order valence-electron chi connectivity index (χ3n) is 1.69. The monoisotopic (exact) mass is 305 g/mol. The summed E-state index contributed by atoms with van der Waals surface area (Å²) >= 11 is -0.947. The third kappa shape index (κ3) is 4.09. The number of hydrogen-bond donors (Lipinski definition) is 1. The summed E-state index contributed by atoms with van der Waals surface area (Å²) in [6, 6.07) is 7.89. The molecule has 0 atom stereocenters. The Kier molecular flexibility index (Phi) is 4.38. The Hall–Kier alpha value is -0.580. The van der Waals surface area contributed by atoms with Crippen LogP contribution in [0.1, 0.15) is 5.56 Å². The third-order valence-corrected chi connectivity index (χ3v) is 3.91. The zero-order chi connectivity index (χ0) is 10.6. The summed E-state index contributed by atoms with van der Waals surface area (Å²) in [6.07, 6.45) is 0. The molecule has 1 N–H and O–H groups in total. The molecule has 78 valence electrons. The summed E-state index contributed by atoms with van der Waals surface area (Å²) in [4.78, 5) is 15.9. The number of alkyl halides is 3. The maximum absolute atomic E-state index is 11.5. The molecule has 0 bridgehead atoms. The molecule has 1 aromatic rings. The summed E-state index contributed by atoms with van der Waals surface area (Å²) in [5, 5.41) is 2.91. The topological polar surface area (TPSA) is 29.1 Å². The van der Waals surface area contributed by atoms with Gasteiger partial charge >= 0.3 is 92.6 Å². The molecule has 1 amide bonds. The molecule has 2 nitrogen and oxygen atoms in total. The van der Waals surface area contributed by atoms with E-state index in [0.29, 0.717) is 0 Å². The van der Waals surface area contributed by atoms with Crippen LogP contribution >= 0.6 is 19.8 Å². The van der Waals surface area contributed by atoms with E-state index in [4.69, 9.17) is 0 Å². The van der Waals surface area contributed by atoms with Crippen molar-refractivity contribution in [2.45, 2.75) is 6.92 Å². The fraction of sp³-hybridized carbons (Fsp3) is 0.364. The van der Waals surface area contributed by atoms with Gasteiger partial charge in [-0.1, -0.05) is 0 Å². The number of nitrogens with one attached hydrogen (secondary N) is 1. The Morgan fingerprint density at radius 2 is 2.14 bits per heavy atom. The van der Waals surface area contributed by atoms with Crippen molar-refractivity contribution in [3.63, 3.8) is 0 Å². The van der Waals surface area contributed by atoms with Crippen molar-refractivity contribution >= 4 is 31.4 Å². The summed E-state index contributed by atoms with van der Waals surface area (Å²) in [5.74, 6) is 0.158. The summed E-state index contributed by atoms with van der Waals surface area (Å²) in [5.41, 5.74) is 2.08. The number of hydrogen-bond acceptors (Lipinski definition) is 1. The van der Waals surface area contributed by atoms with Crippen molar-refractivity contribution in [1.82, 2.24) is 0 Å². The van der Waals surface area contributed by atoms with Crippen LogP contribution in [0, 0.1) is 6.92 Å². The van der Waals surface area contributed by atoms with Gasteiger partial charge in [-0.25, -0.2) is 0 Å². The van der Waals surface area contributed by atoms with Crippen LogP contribution in [0.15, 0.2) is 24.3 Å². The van der Waals surface area contributed by atoms with Crippen LogP contribution in [-0.2, 0) is 4.79 Å². The van der Waals surface area contributed by atoms with E-state index < -0.39 is 19.8 Å². The van der Waals surface area contributed by atoms with E-state index in [9.17, 15) is 4.79 Å². The van der Waals surface area contributed by atoms with E-state index in [1.165, 1.54) is 5.56 Å². The normalized spacial score (nSPS) is 10.9. The molecule has 0 fully saturated rings. The van der Waals surface area contributed by atoms with Gasteiger partial charge in [0.15, 0.2) is 0 Å². The van der Waals surface area contributed by atoms with Crippen LogP contribution in [0.3, 0.4) is 0 Å². The van der Waals surface area contributed by atoms with Gasteiger partial charge in [0.1, 0.15) is 0 Å². The molecule has 0 aliphatic carbocycles. The van der Waals surface area contributed by atoms with Gasteiger partial charge in [-0.15, -0.1) is 0 Å². The summed E-state index contributed by atoms with van der Waals surface area (Å²) in [6.45, 7) is 2.02. The molecule has 0 radical (unpaired) electrons. The second-order valence-electron chi connectivity index (χ2n) is 3.46. The molecule has 0 aliphatic rings. The first-order valence-corrected chi connectivity index (χ1v) is 10.2. The Bertz CT molecular complexity index is 323. The average molecular weight is 305 g/mol. The molecule has 1 rings (SSSR count). The van der Waals surface area contributed by atoms with Crippen LogP contribution in [0.4, 0.5) is 5.69 Å². The predicted molar refractivity (Wildman–Crippen MR) is 70.5 cm³/mol. The Labute approximate surface area is 92.5 Å². The minimum atomic E-state index is -0.947. The van der Waals surface area contributed by atoms with Crippen molar-refractivity contribution < 1.29 is 4.79 Å². The van der Waals surface area contributed by atoms with Gasteiger partial charge in [-0.05, 0) is 0 Å². The van der Waals surface area contributed by atoms with Gasteiger partial charge < -0.3 is 0 Å². The van der Waals surface area contributed by atoms with E-state index in [2.05, 4.69) is 15.2 Å². The number of aryl methyl sites for hydroxylation is 1. The first kappa shape index (κ1) is 11.5. The molecular weight excluding hydrogens is 289 g/mol. The standard InChI is InChI=1S/C11H16INO/c1-9-5-4-6-10(7-9)13-11(14)8-12(2)3/h4-7H,8H2,1-3H3,(H,13,14). The van der Waals surface area contributed by atoms with Crippen LogP contribution in [0.2, 0.25) is 0 Å². The van der Waals surface area contributed by atoms with Crippen LogP contribution in [-0.4, -0.2) is 20.2 Å². The first-order chi connectivity index (χ1) is 6.58. The van der Waals surface area contributed by atoms with Gasteiger partial charge in [-0.3, -0.25) is 0 Å². The molecule has 0 heterocycles. The van der Waals surface area contributed by atoms with E-state index >= 15 is 0 Å². The van der Waals surface area contributed by atoms with E-state index in [0.717, 1.165) is 10.1 Å². The molecule has 1 aromatic carbocycles. The molecule has 0 aromatic heterocycles. The second-order valence-corrected chi connectivity index (χ2v) is 9.44. The SMILES string of the molecule is Cc1cccc(NC(=O)CI(C)C)c1. The van der Waals surface area contributed by atoms with E-state index in [1.54, 1.807) is 0 Å². The number of benzene rings is 1. The molecule has 0 unspecified atom stereocenters. The fourth-order valence-corrected chi connectivity index (χ4v) is 2.74. The van der Waals surface area contributed by atoms with Crippen molar-refractivity contribution in [1.29, 1.82) is 0 Å². The number of carbonyl (C=O) groups is 1. The first-order valence-electron chi connectivity index (χ1n) is 4.40. The van der Waals surface area contributed by atoms with Crippen molar-refractivity contribution in [3.05, 3.63) is 29.8 Å². The molecule has 14 heavy (non-hydrogen) atoms. The number of rotatable bonds is 3. The number of amides is 1. The van der Waals surface area contributed by atoms with E-state index in [1.807, 2.05) is 31.2 Å². The zero-order valence-corrected chi connectivity index (χ0v) is 11.0. The molecule has 0 spiro atoms. The molecule has 0 saturated heterocycles. The Balaban J connectivity index is 2.56. The second kappa shape index (κ2) is 5.34. The quantitative estimate of drug-likeness (QED) is 0.675. The molecule has 0 saturated carbocycles. The van der Waals surface area contributed by atoms with Crippen molar-refractivity contribution in [2.24, 2.45) is 0 Å². The molecule has 3 heteroatoms. The van der Waals surface area contributed by atoms with Gasteiger partial charge in [0.05, 0.1) is 0 Å². The van der Waals surface area contributed by atoms with Crippen LogP contribution < -0.4 is 5.32 Å². The Morgan fingerprint density at radius 3 is 2.71 bits per heavy atom. The zero-order valence-electron chi connectivity index (χ0n) is 8.80. The maximum atomic E-state index is 11.5. The number of anilines is 1. The van der Waals surface area contributed by atoms with Crippen LogP contribution in [0.25, 0.3) is 0 Å². The van der Waals surface area contributed by atoms with Gasteiger partial charge in [0.2, 0.25) is 0 Å². The fourth-order valence-electron chi connectivity index (χ4n) is 1.16. The average Bonchev–Trinajstić information content (AvgIpc) is 2.01. The van der Waals surface area contributed by atoms with Gasteiger partial charge in [0.25, 0.3) is 0 Å². The summed E-state index contributed by atoms with van der Waals surface area (Å²) < 4.78 is 0.734. The van der Waals surface area contributed by atoms with Gasteiger partial charge in [-0.2, -0.15) is 0 Å². The summed E-state index contributed by atoms with van der Waals surface area (Å²) in [7, 11) is 0. The minimum absolute atomic E-state index is 0.158. The van der Waals surface area contributed by atoms with E-state index in [-0.39, 0.29) is 5.91 Å². The number of carbonyl (C=O) groups excluding carboxylic acids is 1. The van der Waals surface area contributed by atoms with Crippen molar-refractivity contribution in [3.8, 4) is 0 Å².